The maximum absolute atomic E-state index is 5.54. The first-order valence-electron chi connectivity index (χ1n) is 4.17. The summed E-state index contributed by atoms with van der Waals surface area (Å²) in [5.74, 6) is -0.205. The molecule has 0 aromatic carbocycles. The second-order valence-corrected chi connectivity index (χ2v) is 4.37. The Balaban J connectivity index is 2.14. The highest BCUT2D eigenvalue weighted by atomic mass is 32.2. The highest BCUT2D eigenvalue weighted by Gasteiger charge is 2.46. The first kappa shape index (κ1) is 9.36. The molecule has 1 aliphatic rings. The lowest BCUT2D eigenvalue weighted by Gasteiger charge is -2.15. The minimum absolute atomic E-state index is 0.205. The molecule has 0 aliphatic heterocycles. The Morgan fingerprint density at radius 2 is 2.09 bits per heavy atom. The van der Waals surface area contributed by atoms with Crippen molar-refractivity contribution in [2.75, 3.05) is 6.61 Å². The predicted molar refractivity (Wildman–Crippen MR) is 47.4 cm³/mol. The van der Waals surface area contributed by atoms with Crippen molar-refractivity contribution in [1.82, 2.24) is 0 Å². The highest BCUT2D eigenvalue weighted by Crippen LogP contribution is 2.44. The van der Waals surface area contributed by atoms with E-state index in [1.165, 1.54) is 12.0 Å². The Labute approximate surface area is 72.8 Å². The van der Waals surface area contributed by atoms with Gasteiger partial charge in [-0.1, -0.05) is 13.8 Å². The van der Waals surface area contributed by atoms with E-state index in [0.717, 1.165) is 19.4 Å². The van der Waals surface area contributed by atoms with Crippen LogP contribution < -0.4 is 0 Å². The Morgan fingerprint density at radius 3 is 2.45 bits per heavy atom. The maximum atomic E-state index is 5.54. The molecule has 0 amide bonds. The summed E-state index contributed by atoms with van der Waals surface area (Å²) in [6, 6.07) is 0. The molecular weight excluding hydrogens is 160 g/mol. The van der Waals surface area contributed by atoms with Crippen LogP contribution in [0.25, 0.3) is 0 Å². The van der Waals surface area contributed by atoms with E-state index in [1.54, 1.807) is 0 Å². The lowest BCUT2D eigenvalue weighted by Crippen LogP contribution is -2.15. The van der Waals surface area contributed by atoms with E-state index in [1.807, 2.05) is 6.92 Å². The minimum Gasteiger partial charge on any atom is -0.349 e. The first-order valence-corrected chi connectivity index (χ1v) is 4.97. The van der Waals surface area contributed by atoms with Crippen LogP contribution in [-0.4, -0.2) is 17.6 Å². The molecule has 0 aromatic rings. The third-order valence-electron chi connectivity index (χ3n) is 1.46. The highest BCUT2D eigenvalue weighted by molar-refractivity contribution is 7.95. The normalized spacial score (nSPS) is 20.7. The summed E-state index contributed by atoms with van der Waals surface area (Å²) >= 11 is 1.52. The van der Waals surface area contributed by atoms with Crippen molar-refractivity contribution in [3.8, 4) is 0 Å². The van der Waals surface area contributed by atoms with E-state index in [2.05, 4.69) is 13.8 Å². The molecule has 1 aliphatic carbocycles. The van der Waals surface area contributed by atoms with E-state index in [4.69, 9.17) is 8.92 Å². The largest absolute Gasteiger partial charge is 0.349 e. The third-order valence-corrected chi connectivity index (χ3v) is 2.24. The summed E-state index contributed by atoms with van der Waals surface area (Å²) in [6.07, 6.45) is 2.11. The van der Waals surface area contributed by atoms with Crippen LogP contribution in [0.5, 0.6) is 0 Å². The molecule has 1 rings (SSSR count). The van der Waals surface area contributed by atoms with Crippen molar-refractivity contribution in [3.05, 3.63) is 0 Å². The molecule has 0 N–H and O–H groups in total. The van der Waals surface area contributed by atoms with Crippen LogP contribution in [0.3, 0.4) is 0 Å². The molecule has 0 saturated heterocycles. The Kier molecular flexibility index (Phi) is 3.22. The van der Waals surface area contributed by atoms with Crippen LogP contribution in [-0.2, 0) is 8.92 Å². The van der Waals surface area contributed by atoms with E-state index < -0.39 is 0 Å². The summed E-state index contributed by atoms with van der Waals surface area (Å²) in [5, 5.41) is 0.521. The van der Waals surface area contributed by atoms with Crippen LogP contribution in [0, 0.1) is 0 Å². The molecule has 0 atom stereocenters. The number of hydrogen-bond acceptors (Lipinski definition) is 3. The SMILES string of the molecule is CCOC1(OSC(C)C)CC1. The van der Waals surface area contributed by atoms with Gasteiger partial charge in [-0.05, 0) is 19.0 Å². The van der Waals surface area contributed by atoms with Crippen molar-refractivity contribution in [2.45, 2.75) is 44.6 Å². The lowest BCUT2D eigenvalue weighted by atomic mass is 10.6. The van der Waals surface area contributed by atoms with E-state index in [-0.39, 0.29) is 5.79 Å². The summed E-state index contributed by atoms with van der Waals surface area (Å²) in [7, 11) is 0. The van der Waals surface area contributed by atoms with Gasteiger partial charge in [0.2, 0.25) is 0 Å². The Bertz CT molecular complexity index is 121. The van der Waals surface area contributed by atoms with E-state index >= 15 is 0 Å². The number of rotatable bonds is 5. The molecule has 2 nitrogen and oxygen atoms in total. The van der Waals surface area contributed by atoms with Gasteiger partial charge in [0.05, 0.1) is 0 Å². The van der Waals surface area contributed by atoms with Gasteiger partial charge >= 0.3 is 0 Å². The zero-order valence-corrected chi connectivity index (χ0v) is 8.24. The zero-order valence-electron chi connectivity index (χ0n) is 7.42. The third kappa shape index (κ3) is 3.01. The molecule has 0 spiro atoms. The molecule has 1 fully saturated rings. The van der Waals surface area contributed by atoms with Gasteiger partial charge in [0.1, 0.15) is 0 Å². The van der Waals surface area contributed by atoms with Crippen LogP contribution >= 0.6 is 12.0 Å². The minimum atomic E-state index is -0.205. The fourth-order valence-electron chi connectivity index (χ4n) is 0.801. The van der Waals surface area contributed by atoms with Crippen molar-refractivity contribution in [1.29, 1.82) is 0 Å². The molecule has 0 radical (unpaired) electrons. The molecule has 66 valence electrons. The predicted octanol–water partition coefficient (Wildman–Crippen LogP) is 2.59. The first-order chi connectivity index (χ1) is 5.18. The standard InChI is InChI=1S/C8H16O2S/c1-4-9-8(5-6-8)10-11-7(2)3/h7H,4-6H2,1-3H3. The fraction of sp³-hybridized carbons (Fsp3) is 1.00. The average molecular weight is 176 g/mol. The van der Waals surface area contributed by atoms with Crippen molar-refractivity contribution in [2.24, 2.45) is 0 Å². The van der Waals surface area contributed by atoms with Gasteiger partial charge in [0.15, 0.2) is 5.79 Å². The van der Waals surface area contributed by atoms with Gasteiger partial charge in [-0.3, -0.25) is 4.18 Å². The molecule has 3 heteroatoms. The zero-order chi connectivity index (χ0) is 8.32. The fourth-order valence-corrected chi connectivity index (χ4v) is 1.38. The summed E-state index contributed by atoms with van der Waals surface area (Å²) in [4.78, 5) is 0. The maximum Gasteiger partial charge on any atom is 0.181 e. The number of hydrogen-bond donors (Lipinski definition) is 0. The van der Waals surface area contributed by atoms with Crippen LogP contribution in [0.1, 0.15) is 33.6 Å². The van der Waals surface area contributed by atoms with Crippen molar-refractivity contribution in [3.63, 3.8) is 0 Å². The smallest absolute Gasteiger partial charge is 0.181 e. The molecule has 0 unspecified atom stereocenters. The van der Waals surface area contributed by atoms with E-state index in [9.17, 15) is 0 Å². The quantitative estimate of drug-likeness (QED) is 0.474. The van der Waals surface area contributed by atoms with Gasteiger partial charge in [-0.25, -0.2) is 0 Å². The van der Waals surface area contributed by atoms with E-state index in [0.29, 0.717) is 5.25 Å². The van der Waals surface area contributed by atoms with Gasteiger partial charge in [-0.15, -0.1) is 0 Å². The van der Waals surface area contributed by atoms with Crippen molar-refractivity contribution >= 4 is 12.0 Å². The summed E-state index contributed by atoms with van der Waals surface area (Å²) < 4.78 is 11.0. The monoisotopic (exact) mass is 176 g/mol. The number of ether oxygens (including phenoxy) is 1. The summed E-state index contributed by atoms with van der Waals surface area (Å²) in [5.41, 5.74) is 0. The van der Waals surface area contributed by atoms with Gasteiger partial charge in [-0.2, -0.15) is 0 Å². The van der Waals surface area contributed by atoms with Crippen molar-refractivity contribution < 1.29 is 8.92 Å². The van der Waals surface area contributed by atoms with Crippen LogP contribution in [0.15, 0.2) is 0 Å². The van der Waals surface area contributed by atoms with Gasteiger partial charge in [0, 0.05) is 24.7 Å². The molecular formula is C8H16O2S. The molecule has 1 saturated carbocycles. The van der Waals surface area contributed by atoms with Gasteiger partial charge < -0.3 is 4.74 Å². The molecule has 0 aromatic heterocycles. The summed E-state index contributed by atoms with van der Waals surface area (Å²) in [6.45, 7) is 6.99. The molecule has 0 heterocycles. The average Bonchev–Trinajstić information content (AvgIpc) is 2.67. The molecule has 0 bridgehead atoms. The Morgan fingerprint density at radius 1 is 1.45 bits per heavy atom. The second kappa shape index (κ2) is 3.78. The van der Waals surface area contributed by atoms with Crippen LogP contribution in [0.2, 0.25) is 0 Å². The molecule has 11 heavy (non-hydrogen) atoms. The topological polar surface area (TPSA) is 18.5 Å². The second-order valence-electron chi connectivity index (χ2n) is 3.07. The van der Waals surface area contributed by atoms with Gasteiger partial charge in [0.25, 0.3) is 0 Å². The lowest BCUT2D eigenvalue weighted by molar-refractivity contribution is -0.0895. The van der Waals surface area contributed by atoms with Crippen LogP contribution in [0.4, 0.5) is 0 Å². The Hall–Kier alpha value is 0.270.